The third kappa shape index (κ3) is 5.07. The third-order valence-electron chi connectivity index (χ3n) is 5.65. The summed E-state index contributed by atoms with van der Waals surface area (Å²) >= 11 is 5.88. The van der Waals surface area contributed by atoms with E-state index in [4.69, 9.17) is 27.1 Å². The molecule has 1 saturated heterocycles. The second-order valence-corrected chi connectivity index (χ2v) is 8.39. The Bertz CT molecular complexity index is 1360. The van der Waals surface area contributed by atoms with Crippen LogP contribution in [0.1, 0.15) is 0 Å². The van der Waals surface area contributed by atoms with E-state index in [0.29, 0.717) is 59.6 Å². The topological polar surface area (TPSA) is 110 Å². The Morgan fingerprint density at radius 3 is 2.43 bits per heavy atom. The van der Waals surface area contributed by atoms with Gasteiger partial charge in [0.25, 0.3) is 5.91 Å². The number of anilines is 2. The Morgan fingerprint density at radius 2 is 1.71 bits per heavy atom. The molecular formula is C24H21ClFN7O2. The van der Waals surface area contributed by atoms with Gasteiger partial charge in [-0.2, -0.15) is 9.97 Å². The summed E-state index contributed by atoms with van der Waals surface area (Å²) in [6, 6.07) is 12.9. The smallest absolute Gasteiger partial charge is 0.260 e. The van der Waals surface area contributed by atoms with Gasteiger partial charge in [-0.1, -0.05) is 11.6 Å². The number of hydrogen-bond donors (Lipinski definition) is 1. The van der Waals surface area contributed by atoms with Crippen LogP contribution in [0, 0.1) is 5.82 Å². The molecule has 1 aliphatic rings. The number of nitrogens with two attached hydrogens (primary N) is 1. The van der Waals surface area contributed by atoms with E-state index in [2.05, 4.69) is 15.0 Å². The first-order chi connectivity index (χ1) is 17.0. The molecule has 1 amide bonds. The van der Waals surface area contributed by atoms with E-state index in [-0.39, 0.29) is 24.3 Å². The third-order valence-corrected chi connectivity index (χ3v) is 5.91. The van der Waals surface area contributed by atoms with Crippen molar-refractivity contribution in [3.63, 3.8) is 0 Å². The Kier molecular flexibility index (Phi) is 6.28. The molecule has 11 heteroatoms. The minimum absolute atomic E-state index is 0.0580. The number of aromatic nitrogens is 4. The Morgan fingerprint density at radius 1 is 1.00 bits per heavy atom. The van der Waals surface area contributed by atoms with Gasteiger partial charge in [0.15, 0.2) is 23.6 Å². The van der Waals surface area contributed by atoms with Gasteiger partial charge in [0.1, 0.15) is 11.6 Å². The van der Waals surface area contributed by atoms with E-state index in [0.717, 1.165) is 5.56 Å². The Labute approximate surface area is 205 Å². The van der Waals surface area contributed by atoms with Crippen LogP contribution in [0.5, 0.6) is 5.75 Å². The summed E-state index contributed by atoms with van der Waals surface area (Å²) in [5, 5.41) is 0.604. The van der Waals surface area contributed by atoms with Gasteiger partial charge in [-0.05, 0) is 48.5 Å². The minimum atomic E-state index is -0.328. The van der Waals surface area contributed by atoms with Crippen molar-refractivity contribution < 1.29 is 13.9 Å². The maximum Gasteiger partial charge on any atom is 0.260 e. The van der Waals surface area contributed by atoms with Gasteiger partial charge in [0.2, 0.25) is 5.95 Å². The van der Waals surface area contributed by atoms with E-state index in [9.17, 15) is 9.18 Å². The van der Waals surface area contributed by atoms with Gasteiger partial charge in [0, 0.05) is 36.8 Å². The second kappa shape index (κ2) is 9.67. The van der Waals surface area contributed by atoms with Crippen molar-refractivity contribution in [1.29, 1.82) is 0 Å². The Balaban J connectivity index is 1.30. The summed E-state index contributed by atoms with van der Waals surface area (Å²) in [6.07, 6.45) is 1.57. The van der Waals surface area contributed by atoms with E-state index in [1.54, 1.807) is 47.5 Å². The van der Waals surface area contributed by atoms with Gasteiger partial charge in [-0.15, -0.1) is 0 Å². The number of halogens is 2. The summed E-state index contributed by atoms with van der Waals surface area (Å²) in [7, 11) is 0. The quantitative estimate of drug-likeness (QED) is 0.451. The number of nitrogens with zero attached hydrogens (tertiary/aromatic N) is 6. The molecule has 1 aliphatic heterocycles. The lowest BCUT2D eigenvalue weighted by Gasteiger charge is -2.35. The summed E-state index contributed by atoms with van der Waals surface area (Å²) in [6.45, 7) is 1.97. The van der Waals surface area contributed by atoms with Crippen molar-refractivity contribution in [2.45, 2.75) is 0 Å². The van der Waals surface area contributed by atoms with Crippen molar-refractivity contribution in [3.8, 4) is 17.0 Å². The van der Waals surface area contributed by atoms with Crippen molar-refractivity contribution in [1.82, 2.24) is 24.8 Å². The largest absolute Gasteiger partial charge is 0.484 e. The van der Waals surface area contributed by atoms with E-state index in [1.165, 1.54) is 12.1 Å². The molecule has 3 heterocycles. The Hall–Kier alpha value is -4.05. The molecule has 0 atom stereocenters. The molecule has 0 unspecified atom stereocenters. The molecule has 0 spiro atoms. The standard InChI is InChI=1S/C24H21ClFN7O2/c25-16-3-7-18(8-4-16)35-14-20(34)32-9-11-33(12-10-32)23-21-22(30-24(27)31-23)28-13-19(29-21)15-1-5-17(26)6-2-15/h1-8,13H,9-12,14H2,(H2,27,28,30,31). The highest BCUT2D eigenvalue weighted by Gasteiger charge is 2.25. The van der Waals surface area contributed by atoms with Gasteiger partial charge in [0.05, 0.1) is 11.9 Å². The number of piperazine rings is 1. The number of rotatable bonds is 5. The number of hydrogen-bond acceptors (Lipinski definition) is 8. The van der Waals surface area contributed by atoms with Crippen LogP contribution in [0.4, 0.5) is 16.2 Å². The lowest BCUT2D eigenvalue weighted by atomic mass is 10.1. The molecule has 0 aliphatic carbocycles. The first-order valence-electron chi connectivity index (χ1n) is 10.9. The van der Waals surface area contributed by atoms with Crippen LogP contribution in [0.25, 0.3) is 22.4 Å². The van der Waals surface area contributed by atoms with Crippen molar-refractivity contribution in [3.05, 3.63) is 65.6 Å². The van der Waals surface area contributed by atoms with Gasteiger partial charge in [-0.25, -0.2) is 14.4 Å². The van der Waals surface area contributed by atoms with Gasteiger partial charge in [-0.3, -0.25) is 4.79 Å². The van der Waals surface area contributed by atoms with Crippen LogP contribution in [-0.4, -0.2) is 63.5 Å². The fraction of sp³-hybridized carbons (Fsp3) is 0.208. The zero-order valence-corrected chi connectivity index (χ0v) is 19.3. The van der Waals surface area contributed by atoms with Crippen LogP contribution in [-0.2, 0) is 4.79 Å². The van der Waals surface area contributed by atoms with E-state index in [1.807, 2.05) is 4.90 Å². The normalized spacial score (nSPS) is 13.8. The van der Waals surface area contributed by atoms with Crippen LogP contribution in [0.2, 0.25) is 5.02 Å². The average Bonchev–Trinajstić information content (AvgIpc) is 2.88. The number of nitrogen functional groups attached to an aromatic ring is 1. The van der Waals surface area contributed by atoms with Crippen molar-refractivity contribution >= 4 is 40.4 Å². The zero-order valence-electron chi connectivity index (χ0n) is 18.6. The van der Waals surface area contributed by atoms with Crippen LogP contribution in [0.15, 0.2) is 54.7 Å². The van der Waals surface area contributed by atoms with E-state index >= 15 is 0 Å². The van der Waals surface area contributed by atoms with Crippen molar-refractivity contribution in [2.75, 3.05) is 43.4 Å². The molecule has 5 rings (SSSR count). The second-order valence-electron chi connectivity index (χ2n) is 7.95. The minimum Gasteiger partial charge on any atom is -0.484 e. The predicted molar refractivity (Wildman–Crippen MR) is 131 cm³/mol. The number of benzene rings is 2. The molecule has 0 radical (unpaired) electrons. The molecular weight excluding hydrogens is 473 g/mol. The fourth-order valence-corrected chi connectivity index (χ4v) is 3.95. The highest BCUT2D eigenvalue weighted by Crippen LogP contribution is 2.26. The molecule has 1 fully saturated rings. The molecule has 2 N–H and O–H groups in total. The summed E-state index contributed by atoms with van der Waals surface area (Å²) < 4.78 is 18.9. The number of fused-ring (bicyclic) bond motifs is 1. The summed E-state index contributed by atoms with van der Waals surface area (Å²) in [5.41, 5.74) is 8.08. The molecule has 2 aromatic carbocycles. The summed E-state index contributed by atoms with van der Waals surface area (Å²) in [4.78, 5) is 34.1. The average molecular weight is 494 g/mol. The zero-order chi connectivity index (χ0) is 24.4. The molecule has 4 aromatic rings. The molecule has 35 heavy (non-hydrogen) atoms. The number of carbonyl (C=O) groups is 1. The maximum absolute atomic E-state index is 13.3. The monoisotopic (exact) mass is 493 g/mol. The van der Waals surface area contributed by atoms with E-state index < -0.39 is 0 Å². The lowest BCUT2D eigenvalue weighted by Crippen LogP contribution is -2.50. The highest BCUT2D eigenvalue weighted by atomic mass is 35.5. The number of carbonyl (C=O) groups excluding carboxylic acids is 1. The fourth-order valence-electron chi connectivity index (χ4n) is 3.82. The molecule has 2 aromatic heterocycles. The van der Waals surface area contributed by atoms with Crippen LogP contribution in [0.3, 0.4) is 0 Å². The predicted octanol–water partition coefficient (Wildman–Crippen LogP) is 3.19. The molecule has 9 nitrogen and oxygen atoms in total. The number of ether oxygens (including phenoxy) is 1. The lowest BCUT2D eigenvalue weighted by molar-refractivity contribution is -0.133. The van der Waals surface area contributed by atoms with Crippen LogP contribution < -0.4 is 15.4 Å². The van der Waals surface area contributed by atoms with Crippen molar-refractivity contribution in [2.24, 2.45) is 0 Å². The summed E-state index contributed by atoms with van der Waals surface area (Å²) in [5.74, 6) is 0.787. The highest BCUT2D eigenvalue weighted by molar-refractivity contribution is 6.30. The molecule has 178 valence electrons. The first-order valence-corrected chi connectivity index (χ1v) is 11.3. The maximum atomic E-state index is 13.3. The first kappa shape index (κ1) is 22.7. The number of amides is 1. The molecule has 0 bridgehead atoms. The van der Waals surface area contributed by atoms with Crippen LogP contribution >= 0.6 is 11.6 Å². The molecule has 0 saturated carbocycles. The SMILES string of the molecule is Nc1nc(N2CCN(C(=O)COc3ccc(Cl)cc3)CC2)c2nc(-c3ccc(F)cc3)cnc2n1. The van der Waals surface area contributed by atoms with Gasteiger partial charge < -0.3 is 20.3 Å². The van der Waals surface area contributed by atoms with Gasteiger partial charge >= 0.3 is 0 Å².